The largest absolute Gasteiger partial charge is 0.387 e. The Labute approximate surface area is 127 Å². The summed E-state index contributed by atoms with van der Waals surface area (Å²) in [6.45, 7) is 1.11. The third kappa shape index (κ3) is 2.25. The van der Waals surface area contributed by atoms with E-state index in [2.05, 4.69) is 10.1 Å². The quantitative estimate of drug-likeness (QED) is 0.787. The van der Waals surface area contributed by atoms with Crippen LogP contribution in [0.15, 0.2) is 59.1 Å². The third-order valence-corrected chi connectivity index (χ3v) is 3.89. The topological polar surface area (TPSA) is 62.4 Å². The Bertz CT molecular complexity index is 785. The molecule has 1 aromatic heterocycles. The van der Waals surface area contributed by atoms with Crippen LogP contribution in [0, 0.1) is 0 Å². The van der Waals surface area contributed by atoms with Gasteiger partial charge in [-0.15, -0.1) is 0 Å². The van der Waals surface area contributed by atoms with E-state index in [1.165, 1.54) is 0 Å². The molecule has 1 N–H and O–H groups in total. The molecule has 2 heterocycles. The summed E-state index contributed by atoms with van der Waals surface area (Å²) < 4.78 is 5.38. The van der Waals surface area contributed by atoms with Crippen molar-refractivity contribution in [1.82, 2.24) is 10.1 Å². The second-order valence-electron chi connectivity index (χ2n) is 5.36. The van der Waals surface area contributed by atoms with Crippen LogP contribution in [0.25, 0.3) is 11.4 Å². The molecular weight excluding hydrogens is 278 g/mol. The van der Waals surface area contributed by atoms with Gasteiger partial charge in [0.1, 0.15) is 0 Å². The van der Waals surface area contributed by atoms with Crippen molar-refractivity contribution in [3.8, 4) is 11.4 Å². The Hall–Kier alpha value is -2.66. The molecule has 1 atom stereocenters. The number of aromatic nitrogens is 2. The fraction of sp³-hybridized carbons (Fsp3) is 0.176. The number of β-amino-alcohol motifs (C(OH)–C–C–N with tert-alkyl or cyclic N) is 1. The van der Waals surface area contributed by atoms with E-state index in [4.69, 9.17) is 4.52 Å². The lowest BCUT2D eigenvalue weighted by molar-refractivity contribution is 0.172. The molecule has 110 valence electrons. The van der Waals surface area contributed by atoms with E-state index < -0.39 is 6.10 Å². The Morgan fingerprint density at radius 3 is 2.68 bits per heavy atom. The van der Waals surface area contributed by atoms with E-state index in [0.717, 1.165) is 16.7 Å². The molecule has 0 amide bonds. The lowest BCUT2D eigenvalue weighted by atomic mass is 9.98. The number of hydrogen-bond donors (Lipinski definition) is 1. The molecule has 2 aromatic carbocycles. The van der Waals surface area contributed by atoms with Gasteiger partial charge in [-0.3, -0.25) is 0 Å². The van der Waals surface area contributed by atoms with Gasteiger partial charge in [0.2, 0.25) is 5.82 Å². The van der Waals surface area contributed by atoms with Gasteiger partial charge in [-0.05, 0) is 11.1 Å². The van der Waals surface area contributed by atoms with Gasteiger partial charge < -0.3 is 14.5 Å². The molecule has 0 aliphatic carbocycles. The number of rotatable bonds is 2. The average Bonchev–Trinajstić information content (AvgIpc) is 3.06. The zero-order valence-corrected chi connectivity index (χ0v) is 11.9. The van der Waals surface area contributed by atoms with Crippen molar-refractivity contribution < 1.29 is 9.63 Å². The Kier molecular flexibility index (Phi) is 3.12. The maximum atomic E-state index is 10.3. The van der Waals surface area contributed by atoms with Crippen molar-refractivity contribution in [2.45, 2.75) is 12.6 Å². The van der Waals surface area contributed by atoms with Crippen LogP contribution in [-0.2, 0) is 6.54 Å². The van der Waals surface area contributed by atoms with Gasteiger partial charge in [-0.1, -0.05) is 59.8 Å². The molecule has 5 nitrogen and oxygen atoms in total. The van der Waals surface area contributed by atoms with E-state index in [1.54, 1.807) is 0 Å². The Balaban J connectivity index is 1.63. The lowest BCUT2D eigenvalue weighted by Gasteiger charge is -2.30. The maximum Gasteiger partial charge on any atom is 0.324 e. The predicted molar refractivity (Wildman–Crippen MR) is 82.2 cm³/mol. The molecule has 0 fully saturated rings. The highest BCUT2D eigenvalue weighted by atomic mass is 16.5. The first-order valence-electron chi connectivity index (χ1n) is 7.21. The number of benzene rings is 2. The van der Waals surface area contributed by atoms with E-state index in [0.29, 0.717) is 24.9 Å². The van der Waals surface area contributed by atoms with Gasteiger partial charge in [0.05, 0.1) is 12.6 Å². The zero-order valence-electron chi connectivity index (χ0n) is 11.9. The number of aliphatic hydroxyl groups excluding tert-OH is 1. The molecule has 5 heteroatoms. The van der Waals surface area contributed by atoms with E-state index >= 15 is 0 Å². The van der Waals surface area contributed by atoms with E-state index in [9.17, 15) is 5.11 Å². The SMILES string of the molecule is OC1CN(c2nc(-c3ccccc3)no2)Cc2ccccc21. The fourth-order valence-corrected chi connectivity index (χ4v) is 2.77. The first-order chi connectivity index (χ1) is 10.8. The standard InChI is InChI=1S/C17H15N3O2/c21-15-11-20(10-13-8-4-5-9-14(13)15)17-18-16(19-22-17)12-6-2-1-3-7-12/h1-9,15,21H,10-11H2. The summed E-state index contributed by atoms with van der Waals surface area (Å²) in [6.07, 6.45) is -0.544. The van der Waals surface area contributed by atoms with Crippen LogP contribution < -0.4 is 4.90 Å². The molecule has 0 bridgehead atoms. The lowest BCUT2D eigenvalue weighted by Crippen LogP contribution is -2.33. The molecule has 0 spiro atoms. The van der Waals surface area contributed by atoms with Crippen molar-refractivity contribution in [3.05, 3.63) is 65.7 Å². The highest BCUT2D eigenvalue weighted by Gasteiger charge is 2.26. The minimum atomic E-state index is -0.544. The summed E-state index contributed by atoms with van der Waals surface area (Å²) in [5.41, 5.74) is 2.97. The molecular formula is C17H15N3O2. The maximum absolute atomic E-state index is 10.3. The van der Waals surface area contributed by atoms with Gasteiger partial charge in [0.15, 0.2) is 0 Å². The molecule has 1 aliphatic heterocycles. The van der Waals surface area contributed by atoms with Crippen molar-refractivity contribution in [3.63, 3.8) is 0 Å². The third-order valence-electron chi connectivity index (χ3n) is 3.89. The highest BCUT2D eigenvalue weighted by molar-refractivity contribution is 5.55. The zero-order chi connectivity index (χ0) is 14.9. The van der Waals surface area contributed by atoms with E-state index in [-0.39, 0.29) is 0 Å². The smallest absolute Gasteiger partial charge is 0.324 e. The summed E-state index contributed by atoms with van der Waals surface area (Å²) in [5.74, 6) is 0.559. The van der Waals surface area contributed by atoms with Gasteiger partial charge in [0, 0.05) is 12.1 Å². The minimum Gasteiger partial charge on any atom is -0.387 e. The monoisotopic (exact) mass is 293 g/mol. The summed E-state index contributed by atoms with van der Waals surface area (Å²) in [7, 11) is 0. The average molecular weight is 293 g/mol. The minimum absolute atomic E-state index is 0.437. The summed E-state index contributed by atoms with van der Waals surface area (Å²) in [6, 6.07) is 18.0. The summed E-state index contributed by atoms with van der Waals surface area (Å²) in [5, 5.41) is 14.3. The molecule has 0 saturated carbocycles. The van der Waals surface area contributed by atoms with Gasteiger partial charge in [-0.2, -0.15) is 4.98 Å². The van der Waals surface area contributed by atoms with Gasteiger partial charge in [0.25, 0.3) is 0 Å². The molecule has 4 rings (SSSR count). The van der Waals surface area contributed by atoms with Gasteiger partial charge in [-0.25, -0.2) is 0 Å². The van der Waals surface area contributed by atoms with Crippen LogP contribution in [-0.4, -0.2) is 21.8 Å². The van der Waals surface area contributed by atoms with Crippen LogP contribution in [0.3, 0.4) is 0 Å². The van der Waals surface area contributed by atoms with Crippen molar-refractivity contribution in [2.24, 2.45) is 0 Å². The molecule has 3 aromatic rings. The van der Waals surface area contributed by atoms with Crippen molar-refractivity contribution in [2.75, 3.05) is 11.4 Å². The molecule has 22 heavy (non-hydrogen) atoms. The van der Waals surface area contributed by atoms with Crippen LogP contribution in [0.2, 0.25) is 0 Å². The highest BCUT2D eigenvalue weighted by Crippen LogP contribution is 2.30. The summed E-state index contributed by atoms with van der Waals surface area (Å²) >= 11 is 0. The van der Waals surface area contributed by atoms with Crippen LogP contribution in [0.1, 0.15) is 17.2 Å². The van der Waals surface area contributed by atoms with Crippen LogP contribution in [0.5, 0.6) is 0 Å². The fourth-order valence-electron chi connectivity index (χ4n) is 2.77. The number of nitrogens with zero attached hydrogens (tertiary/aromatic N) is 3. The Morgan fingerprint density at radius 1 is 1.05 bits per heavy atom. The number of hydrogen-bond acceptors (Lipinski definition) is 5. The predicted octanol–water partition coefficient (Wildman–Crippen LogP) is 2.79. The molecule has 0 saturated heterocycles. The molecule has 1 aliphatic rings. The number of aliphatic hydroxyl groups is 1. The first-order valence-corrected chi connectivity index (χ1v) is 7.21. The Morgan fingerprint density at radius 2 is 1.82 bits per heavy atom. The first kappa shape index (κ1) is 13.0. The van der Waals surface area contributed by atoms with Crippen molar-refractivity contribution >= 4 is 6.01 Å². The van der Waals surface area contributed by atoms with Crippen LogP contribution >= 0.6 is 0 Å². The number of anilines is 1. The van der Waals surface area contributed by atoms with Crippen LogP contribution in [0.4, 0.5) is 6.01 Å². The van der Waals surface area contributed by atoms with Crippen molar-refractivity contribution in [1.29, 1.82) is 0 Å². The second-order valence-corrected chi connectivity index (χ2v) is 5.36. The second kappa shape index (κ2) is 5.27. The summed E-state index contributed by atoms with van der Waals surface area (Å²) in [4.78, 5) is 6.36. The van der Waals surface area contributed by atoms with Gasteiger partial charge >= 0.3 is 6.01 Å². The molecule has 1 unspecified atom stereocenters. The number of fused-ring (bicyclic) bond motifs is 1. The molecule has 0 radical (unpaired) electrons. The normalized spacial score (nSPS) is 17.3. The van der Waals surface area contributed by atoms with E-state index in [1.807, 2.05) is 59.5 Å².